The maximum atomic E-state index is 12.0. The molecule has 0 heterocycles. The van der Waals surface area contributed by atoms with E-state index >= 15 is 0 Å². The molecule has 186 valence electrons. The lowest BCUT2D eigenvalue weighted by Crippen LogP contribution is -2.16. The fraction of sp³-hybridized carbons (Fsp3) is 0.517. The number of nitrogens with zero attached hydrogens (tertiary/aromatic N) is 1. The number of hydrazone groups is 1. The van der Waals surface area contributed by atoms with Crippen molar-refractivity contribution in [2.45, 2.75) is 90.6 Å². The van der Waals surface area contributed by atoms with Gasteiger partial charge in [0.15, 0.2) is 11.5 Å². The van der Waals surface area contributed by atoms with E-state index in [9.17, 15) is 4.79 Å². The van der Waals surface area contributed by atoms with Crippen LogP contribution in [0.1, 0.15) is 95.1 Å². The van der Waals surface area contributed by atoms with Crippen molar-refractivity contribution in [2.75, 3.05) is 7.11 Å². The third-order valence-corrected chi connectivity index (χ3v) is 5.84. The van der Waals surface area contributed by atoms with Gasteiger partial charge in [0.1, 0.15) is 6.61 Å². The molecule has 5 heteroatoms. The zero-order valence-corrected chi connectivity index (χ0v) is 21.1. The third-order valence-electron chi connectivity index (χ3n) is 5.84. The van der Waals surface area contributed by atoms with Gasteiger partial charge in [-0.3, -0.25) is 4.79 Å². The van der Waals surface area contributed by atoms with Crippen LogP contribution in [0.4, 0.5) is 0 Å². The number of ether oxygens (including phenoxy) is 2. The van der Waals surface area contributed by atoms with Gasteiger partial charge in [0.05, 0.1) is 13.3 Å². The summed E-state index contributed by atoms with van der Waals surface area (Å²) in [7, 11) is 1.61. The van der Waals surface area contributed by atoms with E-state index in [1.54, 1.807) is 13.3 Å². The summed E-state index contributed by atoms with van der Waals surface area (Å²) in [4.78, 5) is 12.0. The molecule has 0 bridgehead atoms. The van der Waals surface area contributed by atoms with Gasteiger partial charge < -0.3 is 9.47 Å². The molecule has 0 radical (unpaired) electrons. The molecule has 0 aliphatic carbocycles. The minimum Gasteiger partial charge on any atom is -0.493 e. The summed E-state index contributed by atoms with van der Waals surface area (Å²) < 4.78 is 11.3. The lowest BCUT2D eigenvalue weighted by Gasteiger charge is -2.11. The first-order valence-electron chi connectivity index (χ1n) is 12.9. The first-order chi connectivity index (χ1) is 16.7. The number of hydrogen-bond donors (Lipinski definition) is 1. The number of benzene rings is 2. The quantitative estimate of drug-likeness (QED) is 0.141. The lowest BCUT2D eigenvalue weighted by atomic mass is 10.1. The fourth-order valence-electron chi connectivity index (χ4n) is 3.80. The highest BCUT2D eigenvalue weighted by Gasteiger charge is 2.06. The van der Waals surface area contributed by atoms with Gasteiger partial charge in [0.25, 0.3) is 0 Å². The highest BCUT2D eigenvalue weighted by molar-refractivity contribution is 5.83. The lowest BCUT2D eigenvalue weighted by molar-refractivity contribution is -0.121. The van der Waals surface area contributed by atoms with Gasteiger partial charge in [-0.2, -0.15) is 5.10 Å². The summed E-state index contributed by atoms with van der Waals surface area (Å²) in [5.41, 5.74) is 4.55. The Bertz CT molecular complexity index is 837. The number of carbonyl (C=O) groups is 1. The predicted octanol–water partition coefficient (Wildman–Crippen LogP) is 7.43. The van der Waals surface area contributed by atoms with Crippen molar-refractivity contribution in [1.82, 2.24) is 5.43 Å². The van der Waals surface area contributed by atoms with Crippen LogP contribution >= 0.6 is 0 Å². The van der Waals surface area contributed by atoms with Crippen LogP contribution in [0.2, 0.25) is 0 Å². The molecule has 34 heavy (non-hydrogen) atoms. The van der Waals surface area contributed by atoms with Gasteiger partial charge in [-0.1, -0.05) is 101 Å². The minimum absolute atomic E-state index is 0.0399. The Kier molecular flexibility index (Phi) is 14.2. The smallest absolute Gasteiger partial charge is 0.240 e. The second-order valence-corrected chi connectivity index (χ2v) is 8.76. The first kappa shape index (κ1) is 27.4. The topological polar surface area (TPSA) is 59.9 Å². The molecule has 0 aliphatic rings. The Morgan fingerprint density at radius 2 is 1.50 bits per heavy atom. The summed E-state index contributed by atoms with van der Waals surface area (Å²) in [5.74, 6) is 1.26. The average Bonchev–Trinajstić information content (AvgIpc) is 2.87. The van der Waals surface area contributed by atoms with Gasteiger partial charge in [0.2, 0.25) is 5.91 Å². The summed E-state index contributed by atoms with van der Waals surface area (Å²) in [6, 6.07) is 15.6. The van der Waals surface area contributed by atoms with Crippen LogP contribution in [-0.4, -0.2) is 19.2 Å². The first-order valence-corrected chi connectivity index (χ1v) is 12.9. The molecular weight excluding hydrogens is 424 g/mol. The third kappa shape index (κ3) is 11.9. The van der Waals surface area contributed by atoms with E-state index in [1.165, 1.54) is 57.8 Å². The molecule has 0 saturated carbocycles. The highest BCUT2D eigenvalue weighted by atomic mass is 16.5. The van der Waals surface area contributed by atoms with Gasteiger partial charge in [-0.05, 0) is 35.7 Å². The van der Waals surface area contributed by atoms with Crippen molar-refractivity contribution in [3.63, 3.8) is 0 Å². The second kappa shape index (κ2) is 17.6. The van der Waals surface area contributed by atoms with Crippen LogP contribution in [0.15, 0.2) is 53.6 Å². The molecule has 0 spiro atoms. The number of carbonyl (C=O) groups excluding carboxylic acids is 1. The van der Waals surface area contributed by atoms with Crippen LogP contribution in [0.25, 0.3) is 0 Å². The summed E-state index contributed by atoms with van der Waals surface area (Å²) in [6.45, 7) is 2.73. The molecule has 0 unspecified atom stereocenters. The van der Waals surface area contributed by atoms with Crippen LogP contribution in [0.5, 0.6) is 11.5 Å². The van der Waals surface area contributed by atoms with E-state index in [-0.39, 0.29) is 5.91 Å². The Morgan fingerprint density at radius 1 is 0.853 bits per heavy atom. The molecule has 1 N–H and O–H groups in total. The van der Waals surface area contributed by atoms with E-state index < -0.39 is 0 Å². The summed E-state index contributed by atoms with van der Waals surface area (Å²) in [6.07, 6.45) is 16.2. The van der Waals surface area contributed by atoms with E-state index in [1.807, 2.05) is 48.5 Å². The Morgan fingerprint density at radius 3 is 2.15 bits per heavy atom. The van der Waals surface area contributed by atoms with Gasteiger partial charge in [-0.15, -0.1) is 0 Å². The Labute approximate surface area is 205 Å². The van der Waals surface area contributed by atoms with Crippen molar-refractivity contribution in [3.8, 4) is 11.5 Å². The van der Waals surface area contributed by atoms with Gasteiger partial charge in [0, 0.05) is 6.42 Å². The molecule has 0 atom stereocenters. The average molecular weight is 467 g/mol. The normalized spacial score (nSPS) is 11.0. The van der Waals surface area contributed by atoms with Crippen molar-refractivity contribution in [2.24, 2.45) is 5.10 Å². The van der Waals surface area contributed by atoms with Crippen molar-refractivity contribution < 1.29 is 14.3 Å². The molecule has 1 amide bonds. The largest absolute Gasteiger partial charge is 0.493 e. The zero-order chi connectivity index (χ0) is 24.3. The van der Waals surface area contributed by atoms with Gasteiger partial charge >= 0.3 is 0 Å². The van der Waals surface area contributed by atoms with Crippen LogP contribution in [0, 0.1) is 0 Å². The number of methoxy groups -OCH3 is 1. The van der Waals surface area contributed by atoms with Gasteiger partial charge in [-0.25, -0.2) is 5.43 Å². The molecule has 0 saturated heterocycles. The summed E-state index contributed by atoms with van der Waals surface area (Å²) in [5, 5.41) is 4.09. The monoisotopic (exact) mass is 466 g/mol. The van der Waals surface area contributed by atoms with Crippen molar-refractivity contribution >= 4 is 12.1 Å². The van der Waals surface area contributed by atoms with Crippen LogP contribution in [0.3, 0.4) is 0 Å². The van der Waals surface area contributed by atoms with E-state index in [2.05, 4.69) is 17.5 Å². The number of unbranched alkanes of at least 4 members (excludes halogenated alkanes) is 10. The number of rotatable bonds is 18. The van der Waals surface area contributed by atoms with Crippen molar-refractivity contribution in [3.05, 3.63) is 59.7 Å². The maximum absolute atomic E-state index is 12.0. The molecule has 5 nitrogen and oxygen atoms in total. The number of nitrogens with one attached hydrogen (secondary N) is 1. The molecule has 0 aliphatic heterocycles. The fourth-order valence-corrected chi connectivity index (χ4v) is 3.80. The van der Waals surface area contributed by atoms with E-state index in [0.717, 1.165) is 24.0 Å². The standard InChI is InChI=1S/C29H42N2O3/c1-3-4-5-6-7-8-9-10-11-12-16-19-29(32)31-30-23-26-20-21-27(28(22-26)33-2)34-24-25-17-14-13-15-18-25/h13-15,17-18,20-23H,3-12,16,19,24H2,1-2H3,(H,31,32)/b30-23+. The van der Waals surface area contributed by atoms with E-state index in [4.69, 9.17) is 9.47 Å². The summed E-state index contributed by atoms with van der Waals surface area (Å²) >= 11 is 0. The van der Waals surface area contributed by atoms with Crippen LogP contribution in [-0.2, 0) is 11.4 Å². The predicted molar refractivity (Wildman–Crippen MR) is 141 cm³/mol. The zero-order valence-electron chi connectivity index (χ0n) is 21.1. The number of hydrogen-bond acceptors (Lipinski definition) is 4. The van der Waals surface area contributed by atoms with Crippen LogP contribution < -0.4 is 14.9 Å². The molecule has 0 fully saturated rings. The Hall–Kier alpha value is -2.82. The molecular formula is C29H42N2O3. The number of amides is 1. The van der Waals surface area contributed by atoms with E-state index in [0.29, 0.717) is 24.5 Å². The Balaban J connectivity index is 1.59. The van der Waals surface area contributed by atoms with Crippen molar-refractivity contribution in [1.29, 1.82) is 0 Å². The second-order valence-electron chi connectivity index (χ2n) is 8.76. The molecule has 2 aromatic carbocycles. The minimum atomic E-state index is -0.0399. The highest BCUT2D eigenvalue weighted by Crippen LogP contribution is 2.28. The maximum Gasteiger partial charge on any atom is 0.240 e. The SMILES string of the molecule is CCCCCCCCCCCCCC(=O)N/N=C/c1ccc(OCc2ccccc2)c(OC)c1. The molecule has 2 rings (SSSR count). The molecule has 0 aromatic heterocycles. The molecule has 2 aromatic rings.